The first-order valence-corrected chi connectivity index (χ1v) is 7.91. The summed E-state index contributed by atoms with van der Waals surface area (Å²) in [4.78, 5) is 4.14. The highest BCUT2D eigenvalue weighted by molar-refractivity contribution is 14.0. The van der Waals surface area contributed by atoms with Gasteiger partial charge in [0.05, 0.1) is 20.8 Å². The van der Waals surface area contributed by atoms with E-state index in [1.807, 2.05) is 0 Å². The molecule has 2 aromatic carbocycles. The van der Waals surface area contributed by atoms with Gasteiger partial charge in [-0.25, -0.2) is 9.38 Å². The van der Waals surface area contributed by atoms with Crippen molar-refractivity contribution in [1.29, 1.82) is 0 Å². The normalized spacial score (nSPS) is 11.0. The molecule has 10 heteroatoms. The average Bonchev–Trinajstić information content (AvgIpc) is 2.65. The Balaban J connectivity index is 0.00000392. The summed E-state index contributed by atoms with van der Waals surface area (Å²) >= 11 is 0. The third-order valence-electron chi connectivity index (χ3n) is 3.62. The summed E-state index contributed by atoms with van der Waals surface area (Å²) in [7, 11) is 3.06. The molecule has 0 aromatic heterocycles. The largest absolute Gasteiger partial charge is 0.493 e. The van der Waals surface area contributed by atoms with E-state index in [9.17, 15) is 13.2 Å². The van der Waals surface area contributed by atoms with Crippen molar-refractivity contribution >= 4 is 29.9 Å². The van der Waals surface area contributed by atoms with Gasteiger partial charge in [-0.2, -0.15) is 8.78 Å². The number of rotatable bonds is 8. The minimum atomic E-state index is -3.05. The monoisotopic (exact) mass is 511 g/mol. The topological polar surface area (TPSA) is 78.1 Å². The molecule has 0 fully saturated rings. The van der Waals surface area contributed by atoms with Gasteiger partial charge >= 0.3 is 6.61 Å². The lowest BCUT2D eigenvalue weighted by Crippen LogP contribution is -2.31. The van der Waals surface area contributed by atoms with Crippen LogP contribution in [0.5, 0.6) is 17.2 Å². The number of alkyl halides is 2. The Hall–Kier alpha value is -2.37. The van der Waals surface area contributed by atoms with E-state index in [1.165, 1.54) is 26.4 Å². The molecule has 6 nitrogen and oxygen atoms in total. The maximum atomic E-state index is 13.9. The van der Waals surface area contributed by atoms with Crippen LogP contribution in [0.4, 0.5) is 13.2 Å². The quantitative estimate of drug-likeness (QED) is 0.322. The number of halogens is 4. The molecule has 0 aliphatic carbocycles. The summed E-state index contributed by atoms with van der Waals surface area (Å²) in [5.41, 5.74) is 6.51. The summed E-state index contributed by atoms with van der Waals surface area (Å²) < 4.78 is 53.4. The van der Waals surface area contributed by atoms with E-state index in [0.717, 1.165) is 11.6 Å². The molecule has 0 saturated heterocycles. The lowest BCUT2D eigenvalue weighted by Gasteiger charge is -2.13. The van der Waals surface area contributed by atoms with Crippen LogP contribution in [0.2, 0.25) is 0 Å². The van der Waals surface area contributed by atoms with Crippen molar-refractivity contribution in [3.63, 3.8) is 0 Å². The SMILES string of the molecule is COc1ccc(CN=C(N)NCc2c(F)cccc2OC(F)F)cc1OC.I. The summed E-state index contributed by atoms with van der Waals surface area (Å²) in [6.45, 7) is -2.98. The van der Waals surface area contributed by atoms with Crippen LogP contribution < -0.4 is 25.3 Å². The Morgan fingerprint density at radius 1 is 1.11 bits per heavy atom. The Kier molecular flexibility index (Phi) is 9.69. The molecule has 0 bridgehead atoms. The minimum Gasteiger partial charge on any atom is -0.493 e. The number of guanidine groups is 1. The molecular formula is C18H21F3IN3O3. The lowest BCUT2D eigenvalue weighted by molar-refractivity contribution is -0.0506. The minimum absolute atomic E-state index is 0. The lowest BCUT2D eigenvalue weighted by atomic mass is 10.2. The van der Waals surface area contributed by atoms with Gasteiger partial charge in [-0.3, -0.25) is 0 Å². The average molecular weight is 511 g/mol. The van der Waals surface area contributed by atoms with Gasteiger partial charge in [0.2, 0.25) is 0 Å². The van der Waals surface area contributed by atoms with Crippen LogP contribution >= 0.6 is 24.0 Å². The van der Waals surface area contributed by atoms with Crippen LogP contribution in [0.3, 0.4) is 0 Å². The van der Waals surface area contributed by atoms with Gasteiger partial charge in [-0.1, -0.05) is 12.1 Å². The number of nitrogens with zero attached hydrogens (tertiary/aromatic N) is 1. The zero-order valence-electron chi connectivity index (χ0n) is 15.2. The van der Waals surface area contributed by atoms with Gasteiger partial charge < -0.3 is 25.3 Å². The van der Waals surface area contributed by atoms with Crippen LogP contribution in [-0.4, -0.2) is 26.8 Å². The first-order valence-electron chi connectivity index (χ1n) is 7.91. The fourth-order valence-electron chi connectivity index (χ4n) is 2.31. The van der Waals surface area contributed by atoms with Crippen LogP contribution in [0.25, 0.3) is 0 Å². The van der Waals surface area contributed by atoms with E-state index in [0.29, 0.717) is 11.5 Å². The van der Waals surface area contributed by atoms with Gasteiger partial charge in [-0.15, -0.1) is 24.0 Å². The van der Waals surface area contributed by atoms with E-state index in [2.05, 4.69) is 15.0 Å². The third kappa shape index (κ3) is 6.66. The maximum absolute atomic E-state index is 13.9. The molecule has 0 spiro atoms. The van der Waals surface area contributed by atoms with Crippen molar-refractivity contribution in [2.24, 2.45) is 10.7 Å². The second-order valence-corrected chi connectivity index (χ2v) is 5.34. The molecule has 154 valence electrons. The highest BCUT2D eigenvalue weighted by Gasteiger charge is 2.13. The number of hydrogen-bond acceptors (Lipinski definition) is 4. The second-order valence-electron chi connectivity index (χ2n) is 5.34. The van der Waals surface area contributed by atoms with Gasteiger partial charge in [-0.05, 0) is 29.8 Å². The Labute approximate surface area is 177 Å². The van der Waals surface area contributed by atoms with Gasteiger partial charge in [0, 0.05) is 12.1 Å². The van der Waals surface area contributed by atoms with E-state index in [-0.39, 0.29) is 54.3 Å². The fraction of sp³-hybridized carbons (Fsp3) is 0.278. The highest BCUT2D eigenvalue weighted by Crippen LogP contribution is 2.27. The summed E-state index contributed by atoms with van der Waals surface area (Å²) in [5.74, 6) is 0.217. The van der Waals surface area contributed by atoms with Crippen molar-refractivity contribution in [3.05, 3.63) is 53.3 Å². The number of methoxy groups -OCH3 is 2. The van der Waals surface area contributed by atoms with Crippen LogP contribution in [0, 0.1) is 5.82 Å². The molecule has 0 amide bonds. The smallest absolute Gasteiger partial charge is 0.387 e. The van der Waals surface area contributed by atoms with E-state index in [1.54, 1.807) is 18.2 Å². The highest BCUT2D eigenvalue weighted by atomic mass is 127. The number of benzene rings is 2. The number of aliphatic imine (C=N–C) groups is 1. The zero-order chi connectivity index (χ0) is 19.8. The van der Waals surface area contributed by atoms with E-state index >= 15 is 0 Å². The first-order chi connectivity index (χ1) is 12.9. The van der Waals surface area contributed by atoms with Crippen molar-refractivity contribution in [3.8, 4) is 17.2 Å². The summed E-state index contributed by atoms with van der Waals surface area (Å²) in [6, 6.07) is 8.96. The Morgan fingerprint density at radius 3 is 2.46 bits per heavy atom. The Bertz CT molecular complexity index is 807. The van der Waals surface area contributed by atoms with Crippen LogP contribution in [0.15, 0.2) is 41.4 Å². The molecule has 2 aromatic rings. The van der Waals surface area contributed by atoms with Gasteiger partial charge in [0.1, 0.15) is 11.6 Å². The molecule has 3 N–H and O–H groups in total. The second kappa shape index (κ2) is 11.5. The molecule has 0 radical (unpaired) electrons. The summed E-state index contributed by atoms with van der Waals surface area (Å²) in [5, 5.41) is 2.68. The number of hydrogen-bond donors (Lipinski definition) is 2. The maximum Gasteiger partial charge on any atom is 0.387 e. The summed E-state index contributed by atoms with van der Waals surface area (Å²) in [6.07, 6.45) is 0. The molecule has 0 aliphatic rings. The molecule has 0 heterocycles. The van der Waals surface area contributed by atoms with Gasteiger partial charge in [0.25, 0.3) is 0 Å². The molecule has 0 atom stereocenters. The van der Waals surface area contributed by atoms with Crippen molar-refractivity contribution in [2.45, 2.75) is 19.7 Å². The van der Waals surface area contributed by atoms with Crippen LogP contribution in [0.1, 0.15) is 11.1 Å². The molecule has 0 unspecified atom stereocenters. The zero-order valence-corrected chi connectivity index (χ0v) is 17.6. The van der Waals surface area contributed by atoms with Gasteiger partial charge in [0.15, 0.2) is 17.5 Å². The number of ether oxygens (including phenoxy) is 3. The molecule has 28 heavy (non-hydrogen) atoms. The molecule has 0 aliphatic heterocycles. The molecule has 0 saturated carbocycles. The van der Waals surface area contributed by atoms with Crippen molar-refractivity contribution < 1.29 is 27.4 Å². The van der Waals surface area contributed by atoms with Crippen LogP contribution in [-0.2, 0) is 13.1 Å². The Morgan fingerprint density at radius 2 is 1.82 bits per heavy atom. The standard InChI is InChI=1S/C18H20F3N3O3.HI/c1-25-15-7-6-11(8-16(15)26-2)9-23-18(22)24-10-12-13(19)4-3-5-14(12)27-17(20)21;/h3-8,17H,9-10H2,1-2H3,(H3,22,23,24);1H. The first kappa shape index (κ1) is 23.7. The van der Waals surface area contributed by atoms with E-state index < -0.39 is 12.4 Å². The third-order valence-corrected chi connectivity index (χ3v) is 3.62. The molecule has 2 rings (SSSR count). The number of nitrogens with two attached hydrogens (primary N) is 1. The van der Waals surface area contributed by atoms with Crippen molar-refractivity contribution in [2.75, 3.05) is 14.2 Å². The predicted molar refractivity (Wildman–Crippen MR) is 110 cm³/mol. The predicted octanol–water partition coefficient (Wildman–Crippen LogP) is 3.67. The fourth-order valence-corrected chi connectivity index (χ4v) is 2.31. The number of nitrogens with one attached hydrogen (secondary N) is 1. The van der Waals surface area contributed by atoms with E-state index in [4.69, 9.17) is 15.2 Å². The van der Waals surface area contributed by atoms with Crippen molar-refractivity contribution in [1.82, 2.24) is 5.32 Å². The molecular weight excluding hydrogens is 490 g/mol.